The van der Waals surface area contributed by atoms with Crippen molar-refractivity contribution >= 4 is 11.5 Å². The Bertz CT molecular complexity index is 345. The molecule has 0 aromatic heterocycles. The summed E-state index contributed by atoms with van der Waals surface area (Å²) < 4.78 is 5.02. The highest BCUT2D eigenvalue weighted by Crippen LogP contribution is 2.27. The van der Waals surface area contributed by atoms with Gasteiger partial charge < -0.3 is 10.5 Å². The molecule has 13 heavy (non-hydrogen) atoms. The molecule has 70 valence electrons. The van der Waals surface area contributed by atoms with Gasteiger partial charge in [0.05, 0.1) is 12.8 Å². The van der Waals surface area contributed by atoms with Gasteiger partial charge in [-0.3, -0.25) is 4.79 Å². The first-order valence-corrected chi connectivity index (χ1v) is 4.02. The number of nitrogen functional groups attached to an aromatic ring is 1. The van der Waals surface area contributed by atoms with Crippen molar-refractivity contribution in [3.05, 3.63) is 23.3 Å². The van der Waals surface area contributed by atoms with Crippen LogP contribution in [0.1, 0.15) is 22.8 Å². The van der Waals surface area contributed by atoms with Gasteiger partial charge in [0.15, 0.2) is 5.78 Å². The number of ether oxygens (including phenoxy) is 1. The summed E-state index contributed by atoms with van der Waals surface area (Å²) in [5.41, 5.74) is 7.73. The van der Waals surface area contributed by atoms with Crippen molar-refractivity contribution in [2.45, 2.75) is 13.8 Å². The Labute approximate surface area is 77.5 Å². The molecule has 0 saturated carbocycles. The number of nitrogens with two attached hydrogens (primary N) is 1. The monoisotopic (exact) mass is 179 g/mol. The van der Waals surface area contributed by atoms with Crippen molar-refractivity contribution in [3.8, 4) is 5.75 Å². The second-order valence-corrected chi connectivity index (χ2v) is 2.91. The molecule has 0 aliphatic rings. The maximum absolute atomic E-state index is 11.1. The molecule has 0 radical (unpaired) electrons. The molecule has 0 bridgehead atoms. The fraction of sp³-hybridized carbons (Fsp3) is 0.300. The molecule has 2 N–H and O–H groups in total. The third-order valence-corrected chi connectivity index (χ3v) is 2.07. The van der Waals surface area contributed by atoms with Crippen LogP contribution in [0.25, 0.3) is 0 Å². The van der Waals surface area contributed by atoms with E-state index in [2.05, 4.69) is 0 Å². The maximum Gasteiger partial charge on any atom is 0.160 e. The van der Waals surface area contributed by atoms with Crippen molar-refractivity contribution in [2.75, 3.05) is 12.8 Å². The zero-order valence-corrected chi connectivity index (χ0v) is 8.05. The van der Waals surface area contributed by atoms with Crippen LogP contribution in [0.5, 0.6) is 5.75 Å². The highest BCUT2D eigenvalue weighted by Gasteiger charge is 2.09. The standard InChI is InChI=1S/C10H13NO2/c1-6-8(7(2)12)4-5-9(13-3)10(6)11/h4-5H,11H2,1-3H3. The van der Waals surface area contributed by atoms with Crippen molar-refractivity contribution in [3.63, 3.8) is 0 Å². The summed E-state index contributed by atoms with van der Waals surface area (Å²) >= 11 is 0. The molecular formula is C10H13NO2. The van der Waals surface area contributed by atoms with E-state index >= 15 is 0 Å². The van der Waals surface area contributed by atoms with Crippen LogP contribution in [0.3, 0.4) is 0 Å². The molecule has 3 nitrogen and oxygen atoms in total. The Hall–Kier alpha value is -1.51. The Morgan fingerprint density at radius 3 is 2.54 bits per heavy atom. The molecule has 0 fully saturated rings. The zero-order valence-electron chi connectivity index (χ0n) is 8.05. The van der Waals surface area contributed by atoms with E-state index in [1.54, 1.807) is 19.2 Å². The number of carbonyl (C=O) groups is 1. The van der Waals surface area contributed by atoms with Crippen LogP contribution in [0, 0.1) is 6.92 Å². The average molecular weight is 179 g/mol. The van der Waals surface area contributed by atoms with Gasteiger partial charge in [-0.1, -0.05) is 0 Å². The van der Waals surface area contributed by atoms with Gasteiger partial charge in [0.2, 0.25) is 0 Å². The number of Topliss-reactive ketones (excluding diaryl/α,β-unsaturated/α-hetero) is 1. The highest BCUT2D eigenvalue weighted by molar-refractivity contribution is 5.97. The highest BCUT2D eigenvalue weighted by atomic mass is 16.5. The summed E-state index contributed by atoms with van der Waals surface area (Å²) in [5, 5.41) is 0. The number of hydrogen-bond donors (Lipinski definition) is 1. The summed E-state index contributed by atoms with van der Waals surface area (Å²) in [6.45, 7) is 3.34. The second-order valence-electron chi connectivity index (χ2n) is 2.91. The summed E-state index contributed by atoms with van der Waals surface area (Å²) in [5.74, 6) is 0.634. The molecule has 0 heterocycles. The minimum atomic E-state index is 0.0202. The third kappa shape index (κ3) is 1.64. The normalized spacial score (nSPS) is 9.77. The Balaban J connectivity index is 3.31. The smallest absolute Gasteiger partial charge is 0.160 e. The first kappa shape index (κ1) is 9.58. The average Bonchev–Trinajstić information content (AvgIpc) is 2.09. The number of anilines is 1. The fourth-order valence-corrected chi connectivity index (χ4v) is 1.26. The first-order chi connectivity index (χ1) is 6.07. The number of methoxy groups -OCH3 is 1. The van der Waals surface area contributed by atoms with Crippen molar-refractivity contribution < 1.29 is 9.53 Å². The van der Waals surface area contributed by atoms with Gasteiger partial charge in [-0.2, -0.15) is 0 Å². The predicted molar refractivity (Wildman–Crippen MR) is 52.1 cm³/mol. The summed E-state index contributed by atoms with van der Waals surface area (Å²) in [7, 11) is 1.55. The van der Waals surface area contributed by atoms with E-state index < -0.39 is 0 Å². The number of benzene rings is 1. The van der Waals surface area contributed by atoms with E-state index in [0.29, 0.717) is 17.0 Å². The van der Waals surface area contributed by atoms with Crippen molar-refractivity contribution in [1.29, 1.82) is 0 Å². The largest absolute Gasteiger partial charge is 0.495 e. The molecular weight excluding hydrogens is 166 g/mol. The summed E-state index contributed by atoms with van der Waals surface area (Å²) in [6.07, 6.45) is 0. The van der Waals surface area contributed by atoms with Crippen LogP contribution in [0.4, 0.5) is 5.69 Å². The van der Waals surface area contributed by atoms with Crippen LogP contribution < -0.4 is 10.5 Å². The molecule has 0 aliphatic carbocycles. The van der Waals surface area contributed by atoms with Crippen LogP contribution in [0.15, 0.2) is 12.1 Å². The lowest BCUT2D eigenvalue weighted by Crippen LogP contribution is -2.02. The van der Waals surface area contributed by atoms with E-state index in [1.165, 1.54) is 6.92 Å². The Morgan fingerprint density at radius 2 is 2.08 bits per heavy atom. The van der Waals surface area contributed by atoms with E-state index in [1.807, 2.05) is 6.92 Å². The SMILES string of the molecule is COc1ccc(C(C)=O)c(C)c1N. The number of rotatable bonds is 2. The van der Waals surface area contributed by atoms with Gasteiger partial charge >= 0.3 is 0 Å². The van der Waals surface area contributed by atoms with Crippen LogP contribution in [-0.2, 0) is 0 Å². The fourth-order valence-electron chi connectivity index (χ4n) is 1.26. The lowest BCUT2D eigenvalue weighted by atomic mass is 10.0. The first-order valence-electron chi connectivity index (χ1n) is 4.02. The zero-order chi connectivity index (χ0) is 10.0. The van der Waals surface area contributed by atoms with E-state index in [9.17, 15) is 4.79 Å². The van der Waals surface area contributed by atoms with Crippen LogP contribution in [-0.4, -0.2) is 12.9 Å². The van der Waals surface area contributed by atoms with Crippen LogP contribution in [0.2, 0.25) is 0 Å². The molecule has 0 atom stereocenters. The van der Waals surface area contributed by atoms with Gasteiger partial charge in [0.1, 0.15) is 5.75 Å². The van der Waals surface area contributed by atoms with E-state index in [0.717, 1.165) is 5.56 Å². The molecule has 0 unspecified atom stereocenters. The predicted octanol–water partition coefficient (Wildman–Crippen LogP) is 1.79. The van der Waals surface area contributed by atoms with Gasteiger partial charge in [0, 0.05) is 5.56 Å². The molecule has 1 aromatic rings. The lowest BCUT2D eigenvalue weighted by molar-refractivity contribution is 0.101. The number of ketones is 1. The minimum Gasteiger partial charge on any atom is -0.495 e. The van der Waals surface area contributed by atoms with Gasteiger partial charge in [-0.05, 0) is 31.5 Å². The quantitative estimate of drug-likeness (QED) is 0.556. The molecule has 0 spiro atoms. The van der Waals surface area contributed by atoms with E-state index in [4.69, 9.17) is 10.5 Å². The molecule has 1 rings (SSSR count). The van der Waals surface area contributed by atoms with Crippen LogP contribution >= 0.6 is 0 Å². The molecule has 0 saturated heterocycles. The van der Waals surface area contributed by atoms with Gasteiger partial charge in [0.25, 0.3) is 0 Å². The second kappa shape index (κ2) is 3.47. The lowest BCUT2D eigenvalue weighted by Gasteiger charge is -2.09. The molecule has 0 aliphatic heterocycles. The number of carbonyl (C=O) groups excluding carboxylic acids is 1. The topological polar surface area (TPSA) is 52.3 Å². The number of hydrogen-bond acceptors (Lipinski definition) is 3. The molecule has 3 heteroatoms. The maximum atomic E-state index is 11.1. The van der Waals surface area contributed by atoms with Gasteiger partial charge in [-0.15, -0.1) is 0 Å². The summed E-state index contributed by atoms with van der Waals surface area (Å²) in [6, 6.07) is 3.44. The minimum absolute atomic E-state index is 0.0202. The Morgan fingerprint density at radius 1 is 1.46 bits per heavy atom. The third-order valence-electron chi connectivity index (χ3n) is 2.07. The van der Waals surface area contributed by atoms with Crippen molar-refractivity contribution in [2.24, 2.45) is 0 Å². The molecule has 1 aromatic carbocycles. The molecule has 0 amide bonds. The van der Waals surface area contributed by atoms with Crippen molar-refractivity contribution in [1.82, 2.24) is 0 Å². The summed E-state index contributed by atoms with van der Waals surface area (Å²) in [4.78, 5) is 11.1. The Kier molecular flexibility index (Phi) is 2.56. The van der Waals surface area contributed by atoms with Gasteiger partial charge in [-0.25, -0.2) is 0 Å². The van der Waals surface area contributed by atoms with E-state index in [-0.39, 0.29) is 5.78 Å².